The summed E-state index contributed by atoms with van der Waals surface area (Å²) < 4.78 is 34.3. The number of benzene rings is 2. The molecule has 2 aromatic carbocycles. The summed E-state index contributed by atoms with van der Waals surface area (Å²) in [5.41, 5.74) is 1.83. The van der Waals surface area contributed by atoms with Crippen LogP contribution >= 0.6 is 0 Å². The van der Waals surface area contributed by atoms with E-state index in [1.807, 2.05) is 53.4 Å². The van der Waals surface area contributed by atoms with E-state index in [9.17, 15) is 13.2 Å². The van der Waals surface area contributed by atoms with Gasteiger partial charge in [0.25, 0.3) is 0 Å². The summed E-state index contributed by atoms with van der Waals surface area (Å²) in [5.74, 6) is 1.44. The summed E-state index contributed by atoms with van der Waals surface area (Å²) in [7, 11) is 0.184. The van der Waals surface area contributed by atoms with Crippen molar-refractivity contribution in [2.75, 3.05) is 45.4 Å². The predicted octanol–water partition coefficient (Wildman–Crippen LogP) is 1.83. The second-order valence-corrected chi connectivity index (χ2v) is 9.52. The Morgan fingerprint density at radius 2 is 1.77 bits per heavy atom. The van der Waals surface area contributed by atoms with Crippen LogP contribution in [-0.4, -0.2) is 64.6 Å². The Kier molecular flexibility index (Phi) is 7.33. The normalized spacial score (nSPS) is 17.1. The number of amides is 1. The second kappa shape index (κ2) is 9.95. The van der Waals surface area contributed by atoms with Crippen LogP contribution in [0.5, 0.6) is 11.5 Å². The minimum absolute atomic E-state index is 0.0761. The smallest absolute Gasteiger partial charge is 0.241 e. The van der Waals surface area contributed by atoms with Crippen molar-refractivity contribution >= 4 is 15.7 Å². The third kappa shape index (κ3) is 5.52. The molecular formula is C22H28N2O5S. The quantitative estimate of drug-likeness (QED) is 0.685. The zero-order valence-corrected chi connectivity index (χ0v) is 18.2. The Morgan fingerprint density at radius 1 is 1.07 bits per heavy atom. The topological polar surface area (TPSA) is 84.9 Å². The molecule has 1 aliphatic rings. The fourth-order valence-electron chi connectivity index (χ4n) is 3.62. The fraction of sp³-hybridized carbons (Fsp3) is 0.409. The Hall–Kier alpha value is -2.58. The standard InChI is InChI=1S/C22H28N2O5S/c1-28-19-9-8-17(20(16-19)29-2)10-11-23-22(25)21(18-6-4-3-5-7-18)24-12-14-30(26,27)15-13-24/h3-9,16,21H,10-15H2,1-2H3,(H,23,25). The molecule has 2 aromatic rings. The van der Waals surface area contributed by atoms with Crippen LogP contribution < -0.4 is 14.8 Å². The molecule has 1 atom stereocenters. The van der Waals surface area contributed by atoms with Crippen LogP contribution in [0.3, 0.4) is 0 Å². The third-order valence-corrected chi connectivity index (χ3v) is 6.90. The molecule has 1 amide bonds. The van der Waals surface area contributed by atoms with Crippen LogP contribution in [-0.2, 0) is 21.1 Å². The van der Waals surface area contributed by atoms with Crippen molar-refractivity contribution in [1.82, 2.24) is 10.2 Å². The van der Waals surface area contributed by atoms with Crippen LogP contribution in [0.2, 0.25) is 0 Å². The lowest BCUT2D eigenvalue weighted by Crippen LogP contribution is -2.47. The number of carbonyl (C=O) groups is 1. The van der Waals surface area contributed by atoms with Gasteiger partial charge in [-0.25, -0.2) is 8.42 Å². The summed E-state index contributed by atoms with van der Waals surface area (Å²) >= 11 is 0. The first-order valence-corrected chi connectivity index (χ1v) is 11.7. The molecule has 0 aromatic heterocycles. The van der Waals surface area contributed by atoms with Gasteiger partial charge in [0.2, 0.25) is 5.91 Å². The monoisotopic (exact) mass is 432 g/mol. The highest BCUT2D eigenvalue weighted by Gasteiger charge is 2.32. The molecule has 1 aliphatic heterocycles. The van der Waals surface area contributed by atoms with E-state index >= 15 is 0 Å². The maximum atomic E-state index is 13.1. The van der Waals surface area contributed by atoms with E-state index in [0.29, 0.717) is 37.6 Å². The first-order valence-electron chi connectivity index (χ1n) is 9.91. The highest BCUT2D eigenvalue weighted by Crippen LogP contribution is 2.25. The van der Waals surface area contributed by atoms with Crippen molar-refractivity contribution in [3.63, 3.8) is 0 Å². The summed E-state index contributed by atoms with van der Waals surface area (Å²) in [6.07, 6.45) is 0.606. The Morgan fingerprint density at radius 3 is 2.40 bits per heavy atom. The molecule has 0 spiro atoms. The van der Waals surface area contributed by atoms with Gasteiger partial charge in [0, 0.05) is 25.7 Å². The van der Waals surface area contributed by atoms with E-state index in [1.54, 1.807) is 14.2 Å². The van der Waals surface area contributed by atoms with Crippen LogP contribution in [0.4, 0.5) is 0 Å². The minimum Gasteiger partial charge on any atom is -0.497 e. The second-order valence-electron chi connectivity index (χ2n) is 7.22. The van der Waals surface area contributed by atoms with Crippen molar-refractivity contribution in [3.8, 4) is 11.5 Å². The van der Waals surface area contributed by atoms with Crippen LogP contribution in [0.25, 0.3) is 0 Å². The molecule has 1 heterocycles. The van der Waals surface area contributed by atoms with E-state index in [0.717, 1.165) is 11.1 Å². The van der Waals surface area contributed by atoms with Crippen molar-refractivity contribution in [2.45, 2.75) is 12.5 Å². The number of rotatable bonds is 8. The van der Waals surface area contributed by atoms with E-state index in [1.165, 1.54) is 0 Å². The SMILES string of the molecule is COc1ccc(CCNC(=O)C(c2ccccc2)N2CCS(=O)(=O)CC2)c(OC)c1. The Labute approximate surface area is 177 Å². The van der Waals surface area contributed by atoms with Gasteiger partial charge in [-0.3, -0.25) is 9.69 Å². The number of nitrogens with zero attached hydrogens (tertiary/aromatic N) is 1. The largest absolute Gasteiger partial charge is 0.497 e. The molecule has 1 saturated heterocycles. The maximum Gasteiger partial charge on any atom is 0.241 e. The van der Waals surface area contributed by atoms with Crippen molar-refractivity contribution in [3.05, 3.63) is 59.7 Å². The molecule has 0 bridgehead atoms. The number of ether oxygens (including phenoxy) is 2. The minimum atomic E-state index is -3.02. The molecule has 3 rings (SSSR count). The van der Waals surface area contributed by atoms with Gasteiger partial charge >= 0.3 is 0 Å². The molecule has 1 N–H and O–H groups in total. The number of hydrogen-bond donors (Lipinski definition) is 1. The number of nitrogens with one attached hydrogen (secondary N) is 1. The van der Waals surface area contributed by atoms with Crippen molar-refractivity contribution in [2.24, 2.45) is 0 Å². The lowest BCUT2D eigenvalue weighted by Gasteiger charge is -2.33. The van der Waals surface area contributed by atoms with Crippen molar-refractivity contribution < 1.29 is 22.7 Å². The molecule has 0 saturated carbocycles. The third-order valence-electron chi connectivity index (χ3n) is 5.30. The average Bonchev–Trinajstić information content (AvgIpc) is 2.76. The Balaban J connectivity index is 1.68. The molecule has 7 nitrogen and oxygen atoms in total. The molecule has 1 fully saturated rings. The van der Waals surface area contributed by atoms with Gasteiger partial charge in [0.1, 0.15) is 17.5 Å². The number of methoxy groups -OCH3 is 2. The van der Waals surface area contributed by atoms with Gasteiger partial charge in [-0.15, -0.1) is 0 Å². The van der Waals surface area contributed by atoms with E-state index in [4.69, 9.17) is 9.47 Å². The van der Waals surface area contributed by atoms with Gasteiger partial charge in [-0.1, -0.05) is 36.4 Å². The lowest BCUT2D eigenvalue weighted by atomic mass is 10.0. The van der Waals surface area contributed by atoms with Gasteiger partial charge in [-0.05, 0) is 23.6 Å². The molecule has 8 heteroatoms. The first-order chi connectivity index (χ1) is 14.4. The van der Waals surface area contributed by atoms with E-state index in [2.05, 4.69) is 5.32 Å². The van der Waals surface area contributed by atoms with Gasteiger partial charge < -0.3 is 14.8 Å². The predicted molar refractivity (Wildman–Crippen MR) is 116 cm³/mol. The first kappa shape index (κ1) is 22.1. The van der Waals surface area contributed by atoms with E-state index < -0.39 is 15.9 Å². The molecule has 162 valence electrons. The zero-order chi connectivity index (χ0) is 21.6. The fourth-order valence-corrected chi connectivity index (χ4v) is 4.85. The molecular weight excluding hydrogens is 404 g/mol. The zero-order valence-electron chi connectivity index (χ0n) is 17.3. The highest BCUT2D eigenvalue weighted by atomic mass is 32.2. The molecule has 1 unspecified atom stereocenters. The summed E-state index contributed by atoms with van der Waals surface area (Å²) in [6.45, 7) is 1.14. The number of hydrogen-bond acceptors (Lipinski definition) is 6. The lowest BCUT2D eigenvalue weighted by molar-refractivity contribution is -0.126. The number of carbonyl (C=O) groups excluding carboxylic acids is 1. The summed E-state index contributed by atoms with van der Waals surface area (Å²) in [5, 5.41) is 3.01. The maximum absolute atomic E-state index is 13.1. The van der Waals surface area contributed by atoms with E-state index in [-0.39, 0.29) is 17.4 Å². The van der Waals surface area contributed by atoms with Crippen LogP contribution in [0.15, 0.2) is 48.5 Å². The average molecular weight is 433 g/mol. The van der Waals surface area contributed by atoms with Crippen LogP contribution in [0.1, 0.15) is 17.2 Å². The molecule has 0 radical (unpaired) electrons. The van der Waals surface area contributed by atoms with Gasteiger partial charge in [0.05, 0.1) is 25.7 Å². The number of sulfone groups is 1. The molecule has 0 aliphatic carbocycles. The van der Waals surface area contributed by atoms with Gasteiger partial charge in [-0.2, -0.15) is 0 Å². The highest BCUT2D eigenvalue weighted by molar-refractivity contribution is 7.91. The van der Waals surface area contributed by atoms with Gasteiger partial charge in [0.15, 0.2) is 9.84 Å². The van der Waals surface area contributed by atoms with Crippen LogP contribution in [0, 0.1) is 0 Å². The summed E-state index contributed by atoms with van der Waals surface area (Å²) in [4.78, 5) is 15.0. The Bertz CT molecular complexity index is 949. The molecule has 30 heavy (non-hydrogen) atoms. The summed E-state index contributed by atoms with van der Waals surface area (Å²) in [6, 6.07) is 14.6. The van der Waals surface area contributed by atoms with Crippen molar-refractivity contribution in [1.29, 1.82) is 0 Å².